The highest BCUT2D eigenvalue weighted by Crippen LogP contribution is 2.58. The van der Waals surface area contributed by atoms with Crippen LogP contribution in [0.25, 0.3) is 0 Å². The first kappa shape index (κ1) is 18.6. The number of hydrogen-bond acceptors (Lipinski definition) is 2. The summed E-state index contributed by atoms with van der Waals surface area (Å²) in [7, 11) is 1.30. The second-order valence-electron chi connectivity index (χ2n) is 6.85. The fourth-order valence-corrected chi connectivity index (χ4v) is 6.74. The molecule has 0 saturated carbocycles. The number of rotatable bonds is 7. The Bertz CT molecular complexity index is 804. The topological polar surface area (TPSA) is 20.3 Å². The Morgan fingerprint density at radius 1 is 0.731 bits per heavy atom. The standard InChI is InChI=1S/C23H26NOP/c1-24(2)19-18-23(20-12-6-3-7-13-20)26(25,21-14-8-4-9-15-21)22-16-10-5-11-17-22/h3-17,23H,18-19H2,1-2H3. The van der Waals surface area contributed by atoms with Crippen LogP contribution in [0.3, 0.4) is 0 Å². The minimum absolute atomic E-state index is 0.0455. The highest BCUT2D eigenvalue weighted by atomic mass is 31.2. The first-order valence-corrected chi connectivity index (χ1v) is 10.8. The molecule has 0 radical (unpaired) electrons. The molecule has 0 N–H and O–H groups in total. The van der Waals surface area contributed by atoms with Gasteiger partial charge in [-0.05, 0) is 32.6 Å². The maximum absolute atomic E-state index is 14.7. The van der Waals surface area contributed by atoms with Crippen molar-refractivity contribution in [1.82, 2.24) is 4.90 Å². The van der Waals surface area contributed by atoms with E-state index in [1.54, 1.807) is 0 Å². The molecule has 3 aromatic carbocycles. The van der Waals surface area contributed by atoms with E-state index in [1.165, 1.54) is 0 Å². The summed E-state index contributed by atoms with van der Waals surface area (Å²) in [6.07, 6.45) is 0.845. The molecule has 134 valence electrons. The molecule has 0 saturated heterocycles. The predicted octanol–water partition coefficient (Wildman–Crippen LogP) is 4.69. The molecule has 0 fully saturated rings. The first-order chi connectivity index (χ1) is 12.6. The lowest BCUT2D eigenvalue weighted by molar-refractivity contribution is 0.396. The number of hydrogen-bond donors (Lipinski definition) is 0. The maximum Gasteiger partial charge on any atom is 0.150 e. The van der Waals surface area contributed by atoms with Crippen LogP contribution < -0.4 is 10.6 Å². The molecular weight excluding hydrogens is 337 g/mol. The summed E-state index contributed by atoms with van der Waals surface area (Å²) >= 11 is 0. The lowest BCUT2D eigenvalue weighted by Crippen LogP contribution is -2.24. The molecule has 0 aliphatic heterocycles. The van der Waals surface area contributed by atoms with E-state index in [2.05, 4.69) is 31.1 Å². The Labute approximate surface area is 156 Å². The van der Waals surface area contributed by atoms with E-state index >= 15 is 0 Å². The molecule has 0 bridgehead atoms. The van der Waals surface area contributed by atoms with Crippen LogP contribution in [-0.4, -0.2) is 25.5 Å². The van der Waals surface area contributed by atoms with Crippen molar-refractivity contribution in [3.8, 4) is 0 Å². The highest BCUT2D eigenvalue weighted by molar-refractivity contribution is 7.79. The number of nitrogens with zero attached hydrogens (tertiary/aromatic N) is 1. The van der Waals surface area contributed by atoms with Crippen LogP contribution >= 0.6 is 7.14 Å². The average Bonchev–Trinajstić information content (AvgIpc) is 2.70. The Morgan fingerprint density at radius 2 is 1.15 bits per heavy atom. The van der Waals surface area contributed by atoms with Crippen LogP contribution in [0, 0.1) is 0 Å². The van der Waals surface area contributed by atoms with Gasteiger partial charge in [0.1, 0.15) is 7.14 Å². The molecule has 0 spiro atoms. The molecule has 0 heterocycles. The van der Waals surface area contributed by atoms with Gasteiger partial charge in [0.25, 0.3) is 0 Å². The molecule has 1 unspecified atom stereocenters. The van der Waals surface area contributed by atoms with E-state index in [1.807, 2.05) is 78.9 Å². The SMILES string of the molecule is CN(C)CCC(c1ccccc1)P(=O)(c1ccccc1)c1ccccc1. The largest absolute Gasteiger partial charge is 0.313 e. The summed E-state index contributed by atoms with van der Waals surface area (Å²) in [6.45, 7) is 0.892. The van der Waals surface area contributed by atoms with Gasteiger partial charge in [-0.3, -0.25) is 0 Å². The van der Waals surface area contributed by atoms with Crippen molar-refractivity contribution in [2.75, 3.05) is 20.6 Å². The second-order valence-corrected chi connectivity index (χ2v) is 9.82. The van der Waals surface area contributed by atoms with Gasteiger partial charge in [-0.2, -0.15) is 0 Å². The fraction of sp³-hybridized carbons (Fsp3) is 0.217. The van der Waals surface area contributed by atoms with E-state index < -0.39 is 7.14 Å². The molecule has 2 nitrogen and oxygen atoms in total. The van der Waals surface area contributed by atoms with Crippen LogP contribution in [0.5, 0.6) is 0 Å². The van der Waals surface area contributed by atoms with Crippen LogP contribution in [0.1, 0.15) is 17.6 Å². The molecule has 26 heavy (non-hydrogen) atoms. The smallest absolute Gasteiger partial charge is 0.150 e. The molecule has 3 rings (SSSR count). The van der Waals surface area contributed by atoms with E-state index in [9.17, 15) is 4.57 Å². The zero-order valence-corrected chi connectivity index (χ0v) is 16.3. The molecule has 3 heteroatoms. The Morgan fingerprint density at radius 3 is 1.58 bits per heavy atom. The van der Waals surface area contributed by atoms with Crippen LogP contribution in [0.4, 0.5) is 0 Å². The van der Waals surface area contributed by atoms with Crippen LogP contribution in [-0.2, 0) is 4.57 Å². The van der Waals surface area contributed by atoms with Crippen LogP contribution in [0.15, 0.2) is 91.0 Å². The summed E-state index contributed by atoms with van der Waals surface area (Å²) in [5.41, 5.74) is 1.10. The molecule has 3 aromatic rings. The molecule has 0 aromatic heterocycles. The molecule has 0 aliphatic carbocycles. The van der Waals surface area contributed by atoms with Gasteiger partial charge in [0, 0.05) is 16.3 Å². The van der Waals surface area contributed by atoms with Crippen molar-refractivity contribution in [1.29, 1.82) is 0 Å². The summed E-state index contributed by atoms with van der Waals surface area (Å²) in [6, 6.07) is 30.3. The van der Waals surface area contributed by atoms with E-state index in [4.69, 9.17) is 0 Å². The quantitative estimate of drug-likeness (QED) is 0.568. The van der Waals surface area contributed by atoms with Gasteiger partial charge >= 0.3 is 0 Å². The second kappa shape index (κ2) is 8.49. The zero-order chi connectivity index (χ0) is 18.4. The predicted molar refractivity (Wildman–Crippen MR) is 112 cm³/mol. The molecule has 0 aliphatic rings. The van der Waals surface area contributed by atoms with Gasteiger partial charge in [0.15, 0.2) is 0 Å². The lowest BCUT2D eigenvalue weighted by atomic mass is 10.1. The van der Waals surface area contributed by atoms with Crippen molar-refractivity contribution in [2.24, 2.45) is 0 Å². The fourth-order valence-electron chi connectivity index (χ4n) is 3.42. The third kappa shape index (κ3) is 3.98. The first-order valence-electron chi connectivity index (χ1n) is 9.03. The summed E-state index contributed by atoms with van der Waals surface area (Å²) in [5.74, 6) is 0. The normalized spacial score (nSPS) is 12.9. The zero-order valence-electron chi connectivity index (χ0n) is 15.5. The lowest BCUT2D eigenvalue weighted by Gasteiger charge is -2.30. The molecular formula is C23H26NOP. The van der Waals surface area contributed by atoms with E-state index in [-0.39, 0.29) is 5.66 Å². The Hall–Kier alpha value is -2.15. The minimum Gasteiger partial charge on any atom is -0.313 e. The molecule has 0 amide bonds. The molecule has 1 atom stereocenters. The van der Waals surface area contributed by atoms with Gasteiger partial charge in [-0.15, -0.1) is 0 Å². The van der Waals surface area contributed by atoms with Crippen molar-refractivity contribution in [3.05, 3.63) is 96.6 Å². The van der Waals surface area contributed by atoms with Crippen molar-refractivity contribution < 1.29 is 4.57 Å². The van der Waals surface area contributed by atoms with Crippen molar-refractivity contribution in [2.45, 2.75) is 12.1 Å². The third-order valence-corrected chi connectivity index (χ3v) is 8.32. The van der Waals surface area contributed by atoms with Gasteiger partial charge in [0.2, 0.25) is 0 Å². The van der Waals surface area contributed by atoms with Gasteiger partial charge < -0.3 is 9.46 Å². The minimum atomic E-state index is -2.84. The van der Waals surface area contributed by atoms with Gasteiger partial charge in [-0.1, -0.05) is 91.0 Å². The van der Waals surface area contributed by atoms with Crippen molar-refractivity contribution >= 4 is 17.8 Å². The summed E-state index contributed by atoms with van der Waals surface area (Å²) < 4.78 is 14.7. The van der Waals surface area contributed by atoms with Crippen LogP contribution in [0.2, 0.25) is 0 Å². The monoisotopic (exact) mass is 363 g/mol. The van der Waals surface area contributed by atoms with E-state index in [0.717, 1.165) is 29.1 Å². The Balaban J connectivity index is 2.18. The maximum atomic E-state index is 14.7. The van der Waals surface area contributed by atoms with E-state index in [0.29, 0.717) is 0 Å². The summed E-state index contributed by atoms with van der Waals surface area (Å²) in [4.78, 5) is 2.16. The number of benzene rings is 3. The van der Waals surface area contributed by atoms with Crippen molar-refractivity contribution in [3.63, 3.8) is 0 Å². The highest BCUT2D eigenvalue weighted by Gasteiger charge is 2.37. The van der Waals surface area contributed by atoms with Gasteiger partial charge in [0.05, 0.1) is 0 Å². The average molecular weight is 363 g/mol. The van der Waals surface area contributed by atoms with Gasteiger partial charge in [-0.25, -0.2) is 0 Å². The third-order valence-electron chi connectivity index (χ3n) is 4.75. The Kier molecular flexibility index (Phi) is 6.08. The summed E-state index contributed by atoms with van der Waals surface area (Å²) in [5, 5.41) is 1.86.